The second kappa shape index (κ2) is 9.82. The van der Waals surface area contributed by atoms with Gasteiger partial charge in [0.25, 0.3) is 11.7 Å². The highest BCUT2D eigenvalue weighted by atomic mass is 35.5. The topological polar surface area (TPSA) is 96.3 Å². The molecule has 1 unspecified atom stereocenters. The average molecular weight is 522 g/mol. The van der Waals surface area contributed by atoms with Crippen molar-refractivity contribution in [1.29, 1.82) is 0 Å². The Hall–Kier alpha value is -3.97. The first-order valence-electron chi connectivity index (χ1n) is 11.6. The third-order valence-electron chi connectivity index (χ3n) is 6.39. The van der Waals surface area contributed by atoms with E-state index in [1.54, 1.807) is 36.4 Å². The van der Waals surface area contributed by atoms with Crippen LogP contribution < -0.4 is 14.4 Å². The first kappa shape index (κ1) is 26.1. The number of hydrogen-bond donors (Lipinski definition) is 2. The molecule has 0 bridgehead atoms. The van der Waals surface area contributed by atoms with Crippen LogP contribution in [0.5, 0.6) is 17.2 Å². The highest BCUT2D eigenvalue weighted by Gasteiger charge is 2.47. The van der Waals surface area contributed by atoms with E-state index in [2.05, 4.69) is 0 Å². The summed E-state index contributed by atoms with van der Waals surface area (Å²) < 4.78 is 10.7. The molecular formula is C29H28ClNO6. The van der Waals surface area contributed by atoms with Crippen molar-refractivity contribution in [3.8, 4) is 17.2 Å². The Kier molecular flexibility index (Phi) is 6.93. The predicted molar refractivity (Wildman–Crippen MR) is 143 cm³/mol. The van der Waals surface area contributed by atoms with E-state index >= 15 is 0 Å². The van der Waals surface area contributed by atoms with E-state index in [4.69, 9.17) is 21.1 Å². The summed E-state index contributed by atoms with van der Waals surface area (Å²) in [5.41, 5.74) is 1.71. The van der Waals surface area contributed by atoms with E-state index in [1.807, 2.05) is 26.8 Å². The Bertz CT molecular complexity index is 1400. The van der Waals surface area contributed by atoms with E-state index in [-0.39, 0.29) is 27.5 Å². The van der Waals surface area contributed by atoms with E-state index in [0.29, 0.717) is 28.3 Å². The summed E-state index contributed by atoms with van der Waals surface area (Å²) in [5.74, 6) is -1.26. The molecule has 1 atom stereocenters. The van der Waals surface area contributed by atoms with Crippen molar-refractivity contribution < 1.29 is 29.3 Å². The maximum Gasteiger partial charge on any atom is 0.300 e. The SMILES string of the molecule is COc1ccc(N2C(=O)C(=O)/C(=C(/O)c3cc(C(C)(C)C)ccc3OC)C2c2ccc(O)cc2)cc1Cl. The number of rotatable bonds is 5. The fraction of sp³-hybridized carbons (Fsp3) is 0.241. The molecule has 1 amide bonds. The second-order valence-electron chi connectivity index (χ2n) is 9.74. The van der Waals surface area contributed by atoms with Gasteiger partial charge in [-0.1, -0.05) is 50.6 Å². The average Bonchev–Trinajstić information content (AvgIpc) is 3.13. The van der Waals surface area contributed by atoms with Crippen LogP contribution in [0.3, 0.4) is 0 Å². The number of carbonyl (C=O) groups excluding carboxylic acids is 2. The van der Waals surface area contributed by atoms with Gasteiger partial charge in [0.2, 0.25) is 0 Å². The van der Waals surface area contributed by atoms with E-state index in [0.717, 1.165) is 5.56 Å². The molecule has 0 aliphatic carbocycles. The van der Waals surface area contributed by atoms with Gasteiger partial charge in [-0.05, 0) is 59.0 Å². The van der Waals surface area contributed by atoms with Crippen LogP contribution in [-0.2, 0) is 15.0 Å². The number of methoxy groups -OCH3 is 2. The number of Topliss-reactive ketones (excluding diaryl/α,β-unsaturated/α-hetero) is 1. The summed E-state index contributed by atoms with van der Waals surface area (Å²) in [5, 5.41) is 21.7. The van der Waals surface area contributed by atoms with Crippen LogP contribution in [0.4, 0.5) is 5.69 Å². The first-order chi connectivity index (χ1) is 17.5. The molecule has 0 radical (unpaired) electrons. The number of aliphatic hydroxyl groups is 1. The number of benzene rings is 3. The van der Waals surface area contributed by atoms with Crippen molar-refractivity contribution in [3.05, 3.63) is 87.9 Å². The molecule has 1 fully saturated rings. The zero-order chi connectivity index (χ0) is 27.1. The zero-order valence-electron chi connectivity index (χ0n) is 21.2. The zero-order valence-corrected chi connectivity index (χ0v) is 22.0. The van der Waals surface area contributed by atoms with Crippen LogP contribution in [0.25, 0.3) is 5.76 Å². The number of ketones is 1. The molecule has 1 aliphatic rings. The Morgan fingerprint density at radius 3 is 2.11 bits per heavy atom. The normalized spacial score (nSPS) is 17.2. The van der Waals surface area contributed by atoms with Crippen molar-refractivity contribution in [3.63, 3.8) is 0 Å². The molecule has 8 heteroatoms. The number of anilines is 1. The molecule has 37 heavy (non-hydrogen) atoms. The Balaban J connectivity index is 1.99. The first-order valence-corrected chi connectivity index (χ1v) is 12.0. The van der Waals surface area contributed by atoms with Gasteiger partial charge in [-0.2, -0.15) is 0 Å². The summed E-state index contributed by atoms with van der Waals surface area (Å²) in [6, 6.07) is 15.2. The summed E-state index contributed by atoms with van der Waals surface area (Å²) in [6.07, 6.45) is 0. The minimum Gasteiger partial charge on any atom is -0.508 e. The van der Waals surface area contributed by atoms with Crippen LogP contribution in [0.15, 0.2) is 66.2 Å². The van der Waals surface area contributed by atoms with Crippen LogP contribution in [0.1, 0.15) is 43.5 Å². The quantitative estimate of drug-likeness (QED) is 0.243. The minimum atomic E-state index is -0.993. The molecule has 0 spiro atoms. The molecule has 1 saturated heterocycles. The third-order valence-corrected chi connectivity index (χ3v) is 6.68. The number of hydrogen-bond acceptors (Lipinski definition) is 6. The molecule has 7 nitrogen and oxygen atoms in total. The molecule has 0 aromatic heterocycles. The van der Waals surface area contributed by atoms with Crippen LogP contribution in [0.2, 0.25) is 5.02 Å². The van der Waals surface area contributed by atoms with E-state index in [9.17, 15) is 19.8 Å². The largest absolute Gasteiger partial charge is 0.508 e. The lowest BCUT2D eigenvalue weighted by atomic mass is 9.85. The highest BCUT2D eigenvalue weighted by Crippen LogP contribution is 2.45. The second-order valence-corrected chi connectivity index (χ2v) is 10.2. The van der Waals surface area contributed by atoms with Crippen molar-refractivity contribution in [2.45, 2.75) is 32.2 Å². The Labute approximate surface area is 220 Å². The maximum atomic E-state index is 13.5. The Morgan fingerprint density at radius 2 is 1.54 bits per heavy atom. The van der Waals surface area contributed by atoms with Crippen molar-refractivity contribution in [2.75, 3.05) is 19.1 Å². The smallest absolute Gasteiger partial charge is 0.300 e. The van der Waals surface area contributed by atoms with E-state index in [1.165, 1.54) is 37.3 Å². The van der Waals surface area contributed by atoms with E-state index < -0.39 is 17.7 Å². The molecule has 4 rings (SSSR count). The van der Waals surface area contributed by atoms with Gasteiger partial charge in [0.1, 0.15) is 23.0 Å². The summed E-state index contributed by atoms with van der Waals surface area (Å²) in [4.78, 5) is 28.2. The molecule has 192 valence electrons. The standard InChI is InChI=1S/C29H28ClNO6/c1-29(2,3)17-8-12-22(36-4)20(14-17)26(33)24-25(16-6-10-19(32)11-7-16)31(28(35)27(24)34)18-9-13-23(37-5)21(30)15-18/h6-15,25,32-33H,1-5H3/b26-24+. The lowest BCUT2D eigenvalue weighted by Gasteiger charge is -2.26. The van der Waals surface area contributed by atoms with Crippen LogP contribution in [0, 0.1) is 0 Å². The fourth-order valence-electron chi connectivity index (χ4n) is 4.38. The van der Waals surface area contributed by atoms with Crippen LogP contribution >= 0.6 is 11.6 Å². The van der Waals surface area contributed by atoms with Gasteiger partial charge < -0.3 is 19.7 Å². The monoisotopic (exact) mass is 521 g/mol. The minimum absolute atomic E-state index is 0.0211. The molecule has 1 heterocycles. The maximum absolute atomic E-state index is 13.5. The fourth-order valence-corrected chi connectivity index (χ4v) is 4.63. The van der Waals surface area contributed by atoms with Crippen molar-refractivity contribution in [1.82, 2.24) is 0 Å². The van der Waals surface area contributed by atoms with Gasteiger partial charge in [0.05, 0.1) is 36.4 Å². The Morgan fingerprint density at radius 1 is 0.919 bits per heavy atom. The summed E-state index contributed by atoms with van der Waals surface area (Å²) >= 11 is 6.34. The number of nitrogens with zero attached hydrogens (tertiary/aromatic N) is 1. The highest BCUT2D eigenvalue weighted by molar-refractivity contribution is 6.52. The number of halogens is 1. The summed E-state index contributed by atoms with van der Waals surface area (Å²) in [7, 11) is 2.95. The third kappa shape index (κ3) is 4.74. The number of aliphatic hydroxyl groups excluding tert-OH is 1. The number of ether oxygens (including phenoxy) is 2. The van der Waals surface area contributed by atoms with Gasteiger partial charge in [0.15, 0.2) is 0 Å². The van der Waals surface area contributed by atoms with Crippen molar-refractivity contribution in [2.24, 2.45) is 0 Å². The van der Waals surface area contributed by atoms with Crippen molar-refractivity contribution >= 4 is 34.7 Å². The lowest BCUT2D eigenvalue weighted by Crippen LogP contribution is -2.29. The number of amides is 1. The van der Waals surface area contributed by atoms with Gasteiger partial charge in [-0.25, -0.2) is 0 Å². The predicted octanol–water partition coefficient (Wildman–Crippen LogP) is 5.99. The van der Waals surface area contributed by atoms with Gasteiger partial charge in [0, 0.05) is 5.69 Å². The molecular weight excluding hydrogens is 494 g/mol. The molecule has 0 saturated carbocycles. The summed E-state index contributed by atoms with van der Waals surface area (Å²) in [6.45, 7) is 6.09. The van der Waals surface area contributed by atoms with Gasteiger partial charge >= 0.3 is 0 Å². The molecule has 1 aliphatic heterocycles. The van der Waals surface area contributed by atoms with Crippen LogP contribution in [-0.4, -0.2) is 36.1 Å². The lowest BCUT2D eigenvalue weighted by molar-refractivity contribution is -0.132. The van der Waals surface area contributed by atoms with Gasteiger partial charge in [-0.3, -0.25) is 14.5 Å². The number of carbonyl (C=O) groups is 2. The number of phenolic OH excluding ortho intramolecular Hbond substituents is 1. The number of aromatic hydroxyl groups is 1. The molecule has 3 aromatic carbocycles. The molecule has 3 aromatic rings. The van der Waals surface area contributed by atoms with Gasteiger partial charge in [-0.15, -0.1) is 0 Å². The number of phenols is 1. The molecule has 2 N–H and O–H groups in total.